The predicted molar refractivity (Wildman–Crippen MR) is 139 cm³/mol. The zero-order valence-corrected chi connectivity index (χ0v) is 20.8. The van der Waals surface area contributed by atoms with Gasteiger partial charge in [0.05, 0.1) is 18.8 Å². The number of benzene rings is 3. The van der Waals surface area contributed by atoms with Gasteiger partial charge in [-0.05, 0) is 42.3 Å². The Morgan fingerprint density at radius 1 is 0.971 bits per heavy atom. The van der Waals surface area contributed by atoms with Gasteiger partial charge in [-0.3, -0.25) is 0 Å². The van der Waals surface area contributed by atoms with E-state index in [1.807, 2.05) is 73.7 Å². The molecule has 2 amide bonds. The minimum Gasteiger partial charge on any atom is -0.392 e. The summed E-state index contributed by atoms with van der Waals surface area (Å²) in [7, 11) is 0. The molecule has 184 valence electrons. The molecule has 0 saturated carbocycles. The Morgan fingerprint density at radius 3 is 2.46 bits per heavy atom. The summed E-state index contributed by atoms with van der Waals surface area (Å²) < 4.78 is 13.0. The Balaban J connectivity index is 1.57. The SMILES string of the molecule is CCNC(=O)Nc1cccc(C2OC(CSc3ccccc3)C(C)C(c3ccc(CO)cc3)O2)c1. The predicted octanol–water partition coefficient (Wildman–Crippen LogP) is 5.90. The van der Waals surface area contributed by atoms with Crippen molar-refractivity contribution in [3.8, 4) is 0 Å². The third-order valence-corrected chi connectivity index (χ3v) is 7.14. The highest BCUT2D eigenvalue weighted by atomic mass is 32.2. The minimum absolute atomic E-state index is 0.00876. The Labute approximate surface area is 211 Å². The first-order chi connectivity index (χ1) is 17.1. The quantitative estimate of drug-likeness (QED) is 0.341. The molecular formula is C28H32N2O4S. The number of ether oxygens (including phenoxy) is 2. The summed E-state index contributed by atoms with van der Waals surface area (Å²) in [6.07, 6.45) is -0.810. The largest absolute Gasteiger partial charge is 0.392 e. The molecule has 1 saturated heterocycles. The second-order valence-corrected chi connectivity index (χ2v) is 9.65. The van der Waals surface area contributed by atoms with Gasteiger partial charge in [-0.1, -0.05) is 61.5 Å². The summed E-state index contributed by atoms with van der Waals surface area (Å²) in [5.41, 5.74) is 3.44. The summed E-state index contributed by atoms with van der Waals surface area (Å²) in [6.45, 7) is 4.59. The van der Waals surface area contributed by atoms with Gasteiger partial charge in [-0.2, -0.15) is 0 Å². The monoisotopic (exact) mass is 492 g/mol. The molecule has 0 aliphatic carbocycles. The van der Waals surface area contributed by atoms with Gasteiger partial charge < -0.3 is 25.2 Å². The minimum atomic E-state index is -0.578. The summed E-state index contributed by atoms with van der Waals surface area (Å²) in [6, 6.07) is 25.5. The van der Waals surface area contributed by atoms with E-state index < -0.39 is 6.29 Å². The Kier molecular flexibility index (Phi) is 8.82. The molecule has 0 radical (unpaired) electrons. The number of urea groups is 1. The van der Waals surface area contributed by atoms with Crippen LogP contribution >= 0.6 is 11.8 Å². The standard InChI is InChI=1S/C28H32N2O4S/c1-3-29-28(32)30-23-9-7-8-22(16-23)27-33-25(18-35-24-10-5-4-6-11-24)19(2)26(34-27)21-14-12-20(17-31)13-15-21/h4-16,19,25-27,31H,3,17-18H2,1-2H3,(H2,29,30,32). The van der Waals surface area contributed by atoms with Crippen LogP contribution in [0.25, 0.3) is 0 Å². The summed E-state index contributed by atoms with van der Waals surface area (Å²) in [4.78, 5) is 13.2. The van der Waals surface area contributed by atoms with Crippen LogP contribution < -0.4 is 10.6 Å². The van der Waals surface area contributed by atoms with Crippen molar-refractivity contribution < 1.29 is 19.4 Å². The van der Waals surface area contributed by atoms with Gasteiger partial charge in [0.15, 0.2) is 6.29 Å². The lowest BCUT2D eigenvalue weighted by molar-refractivity contribution is -0.268. The number of amides is 2. The molecule has 4 rings (SSSR count). The Bertz CT molecular complexity index is 1090. The third-order valence-electron chi connectivity index (χ3n) is 6.03. The first-order valence-electron chi connectivity index (χ1n) is 11.9. The van der Waals surface area contributed by atoms with Crippen LogP contribution in [0.2, 0.25) is 0 Å². The highest BCUT2D eigenvalue weighted by Crippen LogP contribution is 2.43. The number of carbonyl (C=O) groups excluding carboxylic acids is 1. The summed E-state index contributed by atoms with van der Waals surface area (Å²) in [5.74, 6) is 0.895. The van der Waals surface area contributed by atoms with E-state index in [1.54, 1.807) is 11.8 Å². The van der Waals surface area contributed by atoms with E-state index >= 15 is 0 Å². The smallest absolute Gasteiger partial charge is 0.319 e. The molecule has 4 atom stereocenters. The van der Waals surface area contributed by atoms with Gasteiger partial charge in [0.2, 0.25) is 0 Å². The topological polar surface area (TPSA) is 79.8 Å². The molecule has 7 heteroatoms. The van der Waals surface area contributed by atoms with Crippen molar-refractivity contribution in [2.24, 2.45) is 5.92 Å². The molecule has 0 spiro atoms. The van der Waals surface area contributed by atoms with Crippen molar-refractivity contribution >= 4 is 23.5 Å². The highest BCUT2D eigenvalue weighted by molar-refractivity contribution is 7.99. The van der Waals surface area contributed by atoms with Crippen molar-refractivity contribution in [2.75, 3.05) is 17.6 Å². The Hall–Kier alpha value is -2.84. The average Bonchev–Trinajstić information content (AvgIpc) is 2.89. The van der Waals surface area contributed by atoms with Gasteiger partial charge in [-0.25, -0.2) is 4.79 Å². The van der Waals surface area contributed by atoms with Gasteiger partial charge in [0.1, 0.15) is 0 Å². The number of rotatable bonds is 8. The van der Waals surface area contributed by atoms with Crippen LogP contribution in [0, 0.1) is 5.92 Å². The highest BCUT2D eigenvalue weighted by Gasteiger charge is 2.38. The van der Waals surface area contributed by atoms with E-state index in [0.29, 0.717) is 12.2 Å². The zero-order valence-electron chi connectivity index (χ0n) is 20.0. The van der Waals surface area contributed by atoms with Gasteiger partial charge in [-0.15, -0.1) is 11.8 Å². The maximum absolute atomic E-state index is 12.0. The number of aliphatic hydroxyl groups is 1. The number of carbonyl (C=O) groups is 1. The number of nitrogens with one attached hydrogen (secondary N) is 2. The van der Waals surface area contributed by atoms with Crippen LogP contribution in [-0.4, -0.2) is 29.5 Å². The van der Waals surface area contributed by atoms with E-state index in [0.717, 1.165) is 22.4 Å². The number of aliphatic hydroxyl groups excluding tert-OH is 1. The molecule has 35 heavy (non-hydrogen) atoms. The van der Waals surface area contributed by atoms with Gasteiger partial charge in [0.25, 0.3) is 0 Å². The lowest BCUT2D eigenvalue weighted by Crippen LogP contribution is -2.38. The van der Waals surface area contributed by atoms with E-state index in [-0.39, 0.29) is 30.8 Å². The molecule has 4 unspecified atom stereocenters. The molecule has 3 aromatic carbocycles. The zero-order chi connectivity index (χ0) is 24.6. The number of thioether (sulfide) groups is 1. The first-order valence-corrected chi connectivity index (χ1v) is 12.9. The van der Waals surface area contributed by atoms with Crippen LogP contribution in [-0.2, 0) is 16.1 Å². The number of anilines is 1. The molecule has 6 nitrogen and oxygen atoms in total. The fourth-order valence-electron chi connectivity index (χ4n) is 4.10. The first kappa shape index (κ1) is 25.3. The molecule has 1 heterocycles. The molecule has 0 bridgehead atoms. The molecule has 0 aromatic heterocycles. The number of hydrogen-bond acceptors (Lipinski definition) is 5. The second-order valence-electron chi connectivity index (χ2n) is 8.56. The molecule has 1 fully saturated rings. The molecular weight excluding hydrogens is 460 g/mol. The van der Waals surface area contributed by atoms with Crippen LogP contribution in [0.1, 0.15) is 42.9 Å². The molecule has 3 N–H and O–H groups in total. The van der Waals surface area contributed by atoms with Crippen molar-refractivity contribution in [1.82, 2.24) is 5.32 Å². The number of hydrogen-bond donors (Lipinski definition) is 3. The van der Waals surface area contributed by atoms with E-state index in [9.17, 15) is 9.90 Å². The third kappa shape index (κ3) is 6.64. The lowest BCUT2D eigenvalue weighted by Gasteiger charge is -2.41. The maximum Gasteiger partial charge on any atom is 0.319 e. The average molecular weight is 493 g/mol. The fraction of sp³-hybridized carbons (Fsp3) is 0.321. The van der Waals surface area contributed by atoms with Crippen molar-refractivity contribution in [3.05, 3.63) is 95.6 Å². The maximum atomic E-state index is 12.0. The van der Waals surface area contributed by atoms with E-state index in [2.05, 4.69) is 29.7 Å². The van der Waals surface area contributed by atoms with Crippen LogP contribution in [0.5, 0.6) is 0 Å². The molecule has 3 aromatic rings. The van der Waals surface area contributed by atoms with E-state index in [1.165, 1.54) is 4.90 Å². The van der Waals surface area contributed by atoms with Gasteiger partial charge >= 0.3 is 6.03 Å². The van der Waals surface area contributed by atoms with Crippen LogP contribution in [0.15, 0.2) is 83.8 Å². The fourth-order valence-corrected chi connectivity index (χ4v) is 5.19. The van der Waals surface area contributed by atoms with Crippen molar-refractivity contribution in [1.29, 1.82) is 0 Å². The molecule has 1 aliphatic heterocycles. The second kappa shape index (κ2) is 12.2. The van der Waals surface area contributed by atoms with Crippen molar-refractivity contribution in [2.45, 2.75) is 43.8 Å². The van der Waals surface area contributed by atoms with Gasteiger partial charge in [0, 0.05) is 34.4 Å². The summed E-state index contributed by atoms with van der Waals surface area (Å²) >= 11 is 1.77. The van der Waals surface area contributed by atoms with Crippen molar-refractivity contribution in [3.63, 3.8) is 0 Å². The van der Waals surface area contributed by atoms with E-state index in [4.69, 9.17) is 9.47 Å². The lowest BCUT2D eigenvalue weighted by atomic mass is 9.91. The normalized spacial score (nSPS) is 21.9. The Morgan fingerprint density at radius 2 is 1.74 bits per heavy atom. The van der Waals surface area contributed by atoms with Crippen LogP contribution in [0.4, 0.5) is 10.5 Å². The summed E-state index contributed by atoms with van der Waals surface area (Å²) in [5, 5.41) is 15.0. The molecule has 1 aliphatic rings. The van der Waals surface area contributed by atoms with Crippen LogP contribution in [0.3, 0.4) is 0 Å².